The van der Waals surface area contributed by atoms with E-state index in [0.717, 1.165) is 12.1 Å². The van der Waals surface area contributed by atoms with Crippen molar-refractivity contribution in [3.05, 3.63) is 115 Å². The van der Waals surface area contributed by atoms with Crippen molar-refractivity contribution in [2.75, 3.05) is 6.54 Å². The predicted octanol–water partition coefficient (Wildman–Crippen LogP) is 7.15. The molecule has 3 aromatic carbocycles. The lowest BCUT2D eigenvalue weighted by Crippen LogP contribution is -2.56. The van der Waals surface area contributed by atoms with Crippen molar-refractivity contribution in [1.29, 1.82) is 0 Å². The maximum Gasteiger partial charge on any atom is 0.343 e. The van der Waals surface area contributed by atoms with Gasteiger partial charge in [-0.3, -0.25) is 29.3 Å². The highest BCUT2D eigenvalue weighted by atomic mass is 35.5. The Hall–Kier alpha value is -3.42. The highest BCUT2D eigenvalue weighted by Gasteiger charge is 2.88. The maximum atomic E-state index is 14.1. The fourth-order valence-corrected chi connectivity index (χ4v) is 9.07. The van der Waals surface area contributed by atoms with Gasteiger partial charge in [-0.25, -0.2) is 9.80 Å². The molecule has 0 radical (unpaired) electrons. The monoisotopic (exact) mass is 803 g/mol. The number of nitrogens with zero attached hydrogens (tertiary/aromatic N) is 3. The molecule has 0 N–H and O–H groups in total. The molecular formula is C31H16Cl7N3O8. The van der Waals surface area contributed by atoms with Crippen molar-refractivity contribution < 1.29 is 33.6 Å². The molecule has 4 atom stereocenters. The number of nitro groups is 1. The fourth-order valence-electron chi connectivity index (χ4n) is 6.01. The van der Waals surface area contributed by atoms with Crippen molar-refractivity contribution in [3.63, 3.8) is 0 Å². The van der Waals surface area contributed by atoms with Gasteiger partial charge in [-0.2, -0.15) is 5.01 Å². The number of alkyl halides is 4. The van der Waals surface area contributed by atoms with Crippen LogP contribution in [-0.2, 0) is 9.59 Å². The van der Waals surface area contributed by atoms with E-state index >= 15 is 0 Å². The number of carbonyl (C=O) groups excluding carboxylic acids is 5. The summed E-state index contributed by atoms with van der Waals surface area (Å²) in [5, 5.41) is 11.6. The van der Waals surface area contributed by atoms with Gasteiger partial charge >= 0.3 is 5.97 Å². The van der Waals surface area contributed by atoms with Crippen molar-refractivity contribution in [2.45, 2.75) is 14.1 Å². The van der Waals surface area contributed by atoms with E-state index in [4.69, 9.17) is 85.9 Å². The Morgan fingerprint density at radius 2 is 1.22 bits per heavy atom. The van der Waals surface area contributed by atoms with E-state index in [1.54, 1.807) is 0 Å². The summed E-state index contributed by atoms with van der Waals surface area (Å²) in [4.78, 5) is 74.1. The first-order valence-electron chi connectivity index (χ1n) is 13.8. The number of nitro benzene ring substituents is 1. The number of rotatable bonds is 8. The number of Topliss-reactive ketones (excluding diaryl/α,β-unsaturated/α-hetero) is 1. The molecule has 1 saturated carbocycles. The highest BCUT2D eigenvalue weighted by Crippen LogP contribution is 2.77. The van der Waals surface area contributed by atoms with Crippen LogP contribution in [0.25, 0.3) is 0 Å². The minimum atomic E-state index is -2.21. The summed E-state index contributed by atoms with van der Waals surface area (Å²) in [6, 6.07) is 15.3. The van der Waals surface area contributed by atoms with Crippen LogP contribution in [0.2, 0.25) is 5.02 Å². The van der Waals surface area contributed by atoms with E-state index in [0.29, 0.717) is 10.0 Å². The van der Waals surface area contributed by atoms with E-state index < -0.39 is 66.9 Å². The smallest absolute Gasteiger partial charge is 0.343 e. The maximum absolute atomic E-state index is 14.1. The average molecular weight is 807 g/mol. The molecule has 3 aromatic rings. The van der Waals surface area contributed by atoms with Crippen LogP contribution in [0, 0.1) is 22.0 Å². The molecule has 2 fully saturated rings. The van der Waals surface area contributed by atoms with Crippen LogP contribution in [-0.4, -0.2) is 65.0 Å². The summed E-state index contributed by atoms with van der Waals surface area (Å²) in [5.41, 5.74) is -0.211. The molecule has 2 aliphatic carbocycles. The number of hydrogen-bond acceptors (Lipinski definition) is 8. The summed E-state index contributed by atoms with van der Waals surface area (Å²) < 4.78 is 3.07. The number of imide groups is 1. The number of hydrogen-bond donors (Lipinski definition) is 0. The van der Waals surface area contributed by atoms with E-state index in [1.807, 2.05) is 0 Å². The summed E-state index contributed by atoms with van der Waals surface area (Å²) in [5.74, 6) is -7.71. The Morgan fingerprint density at radius 1 is 0.755 bits per heavy atom. The van der Waals surface area contributed by atoms with E-state index in [9.17, 15) is 34.1 Å². The minimum Gasteiger partial charge on any atom is -0.423 e. The molecule has 3 amide bonds. The standard InChI is InChI=1S/C31H16Cl7N3O8/c32-17-7-1-15(2-8-17)25(43)39(40-26(44)21-22(27(40)45)30(36)24(34)23(33)29(21,35)31(30,37)38)13-20(42)14-5-11-19(12-6-14)49-28(46)16-3-9-18(10-4-16)41(47)48/h1-12,21-22H,13H2/t21-,22-,29-,30-/m1/s1. The summed E-state index contributed by atoms with van der Waals surface area (Å²) in [7, 11) is 0. The van der Waals surface area contributed by atoms with Crippen LogP contribution < -0.4 is 4.74 Å². The fraction of sp³-hybridized carbons (Fsp3) is 0.194. The number of ether oxygens (including phenoxy) is 1. The first-order valence-corrected chi connectivity index (χ1v) is 16.5. The Labute approximate surface area is 311 Å². The number of halogens is 7. The molecule has 6 rings (SSSR count). The zero-order chi connectivity index (χ0) is 35.8. The normalized spacial score (nSPS) is 25.0. The third kappa shape index (κ3) is 5.21. The lowest BCUT2D eigenvalue weighted by Gasteiger charge is -2.36. The lowest BCUT2D eigenvalue weighted by molar-refractivity contribution is -0.384. The van der Waals surface area contributed by atoms with Crippen molar-refractivity contribution in [2.24, 2.45) is 11.8 Å². The van der Waals surface area contributed by atoms with Gasteiger partial charge in [0.1, 0.15) is 22.0 Å². The topological polar surface area (TPSA) is 144 Å². The molecule has 3 aliphatic rings. The third-order valence-corrected chi connectivity index (χ3v) is 13.0. The molecule has 0 unspecified atom stereocenters. The predicted molar refractivity (Wildman–Crippen MR) is 180 cm³/mol. The Bertz CT molecular complexity index is 1960. The third-order valence-electron chi connectivity index (χ3n) is 8.45. The van der Waals surface area contributed by atoms with Crippen molar-refractivity contribution in [3.8, 4) is 5.75 Å². The van der Waals surface area contributed by atoms with Gasteiger partial charge in [0.2, 0.25) is 0 Å². The van der Waals surface area contributed by atoms with Gasteiger partial charge < -0.3 is 4.74 Å². The van der Waals surface area contributed by atoms with E-state index in [-0.39, 0.29) is 43.2 Å². The molecule has 2 bridgehead atoms. The number of ketones is 1. The molecular weight excluding hydrogens is 791 g/mol. The molecule has 1 saturated heterocycles. The van der Waals surface area contributed by atoms with E-state index in [2.05, 4.69) is 0 Å². The summed E-state index contributed by atoms with van der Waals surface area (Å²) in [6.45, 7) is -0.841. The van der Waals surface area contributed by atoms with Crippen LogP contribution in [0.5, 0.6) is 5.75 Å². The Balaban J connectivity index is 1.28. The van der Waals surface area contributed by atoms with Gasteiger partial charge in [-0.05, 0) is 60.7 Å². The molecule has 11 nitrogen and oxygen atoms in total. The summed E-state index contributed by atoms with van der Waals surface area (Å²) in [6.07, 6.45) is 0. The molecule has 1 aliphatic heterocycles. The van der Waals surface area contributed by atoms with Crippen LogP contribution >= 0.6 is 81.2 Å². The van der Waals surface area contributed by atoms with Crippen LogP contribution in [0.1, 0.15) is 31.1 Å². The van der Waals surface area contributed by atoms with Crippen LogP contribution in [0.15, 0.2) is 82.9 Å². The second kappa shape index (κ2) is 12.4. The number of benzene rings is 3. The van der Waals surface area contributed by atoms with Gasteiger partial charge in [-0.15, -0.1) is 23.2 Å². The molecule has 252 valence electrons. The molecule has 18 heteroatoms. The second-order valence-corrected chi connectivity index (χ2v) is 14.8. The molecule has 1 heterocycles. The van der Waals surface area contributed by atoms with Crippen molar-refractivity contribution >= 4 is 116 Å². The van der Waals surface area contributed by atoms with Gasteiger partial charge in [0.05, 0.1) is 32.4 Å². The zero-order valence-corrected chi connectivity index (χ0v) is 29.3. The number of esters is 1. The zero-order valence-electron chi connectivity index (χ0n) is 24.0. The Morgan fingerprint density at radius 3 is 1.71 bits per heavy atom. The lowest BCUT2D eigenvalue weighted by atomic mass is 9.84. The van der Waals surface area contributed by atoms with Gasteiger partial charge in [0, 0.05) is 28.3 Å². The highest BCUT2D eigenvalue weighted by molar-refractivity contribution is 6.66. The number of allylic oxidation sites excluding steroid dienone is 2. The second-order valence-electron chi connectivity index (χ2n) is 11.1. The number of non-ortho nitro benzene ring substituents is 1. The van der Waals surface area contributed by atoms with Crippen molar-refractivity contribution in [1.82, 2.24) is 10.0 Å². The van der Waals surface area contributed by atoms with Gasteiger partial charge in [0.15, 0.2) is 10.1 Å². The SMILES string of the molecule is O=C(CN(C(=O)c1ccc(Cl)cc1)N1C(=O)[C@H]2[C@H](C1=O)[C@@]1(Cl)C(Cl)=C(Cl)[C@@]2(Cl)C1(Cl)Cl)c1ccc(OC(=O)c2ccc([N+](=O)[O-])cc2)cc1. The number of hydrazine groups is 1. The first kappa shape index (κ1) is 35.4. The van der Waals surface area contributed by atoms with Gasteiger partial charge in [0.25, 0.3) is 23.4 Å². The molecule has 0 aromatic heterocycles. The number of carbonyl (C=O) groups is 5. The van der Waals surface area contributed by atoms with Gasteiger partial charge in [-0.1, -0.05) is 58.0 Å². The first-order chi connectivity index (χ1) is 23.0. The average Bonchev–Trinajstić information content (AvgIpc) is 3.46. The quantitative estimate of drug-likeness (QED) is 0.0444. The number of fused-ring (bicyclic) bond motifs is 5. The van der Waals surface area contributed by atoms with Crippen LogP contribution in [0.4, 0.5) is 5.69 Å². The molecule has 49 heavy (non-hydrogen) atoms. The largest absolute Gasteiger partial charge is 0.423 e. The summed E-state index contributed by atoms with van der Waals surface area (Å²) >= 11 is 45.5. The molecule has 0 spiro atoms. The Kier molecular flexibility index (Phi) is 8.97. The minimum absolute atomic E-state index is 0.000634. The van der Waals surface area contributed by atoms with Crippen LogP contribution in [0.3, 0.4) is 0 Å². The van der Waals surface area contributed by atoms with E-state index in [1.165, 1.54) is 60.7 Å². The number of amides is 3.